The highest BCUT2D eigenvalue weighted by Gasteiger charge is 2.27. The lowest BCUT2D eigenvalue weighted by atomic mass is 10.0. The van der Waals surface area contributed by atoms with Gasteiger partial charge in [0.25, 0.3) is 5.91 Å². The SMILES string of the molecule is CC(C)c1cc(C(=O)N2CCC(CO)C2)c2ccccc2n1. The molecule has 1 fully saturated rings. The van der Waals surface area contributed by atoms with Crippen LogP contribution in [0.3, 0.4) is 0 Å². The number of carbonyl (C=O) groups is 1. The van der Waals surface area contributed by atoms with E-state index in [0.29, 0.717) is 6.54 Å². The smallest absolute Gasteiger partial charge is 0.254 e. The highest BCUT2D eigenvalue weighted by molar-refractivity contribution is 6.06. The number of hydrogen-bond donors (Lipinski definition) is 1. The molecular formula is C18H22N2O2. The van der Waals surface area contributed by atoms with Crippen molar-refractivity contribution in [2.45, 2.75) is 26.2 Å². The Hall–Kier alpha value is -1.94. The van der Waals surface area contributed by atoms with Crippen LogP contribution >= 0.6 is 0 Å². The minimum Gasteiger partial charge on any atom is -0.396 e. The Morgan fingerprint density at radius 2 is 2.18 bits per heavy atom. The maximum absolute atomic E-state index is 12.9. The molecule has 1 N–H and O–H groups in total. The number of fused-ring (bicyclic) bond motifs is 1. The molecule has 0 radical (unpaired) electrons. The minimum atomic E-state index is 0.0523. The van der Waals surface area contributed by atoms with Crippen molar-refractivity contribution in [3.8, 4) is 0 Å². The zero-order chi connectivity index (χ0) is 15.7. The zero-order valence-electron chi connectivity index (χ0n) is 13.1. The summed E-state index contributed by atoms with van der Waals surface area (Å²) < 4.78 is 0. The molecule has 1 aromatic heterocycles. The average molecular weight is 298 g/mol. The van der Waals surface area contributed by atoms with E-state index in [4.69, 9.17) is 0 Å². The van der Waals surface area contributed by atoms with E-state index in [9.17, 15) is 9.90 Å². The predicted octanol–water partition coefficient (Wildman–Crippen LogP) is 2.81. The number of likely N-dealkylation sites (tertiary alicyclic amines) is 1. The van der Waals surface area contributed by atoms with E-state index >= 15 is 0 Å². The van der Waals surface area contributed by atoms with Gasteiger partial charge in [-0.1, -0.05) is 32.0 Å². The first-order chi connectivity index (χ1) is 10.6. The van der Waals surface area contributed by atoms with Gasteiger partial charge in [0.15, 0.2) is 0 Å². The lowest BCUT2D eigenvalue weighted by Crippen LogP contribution is -2.29. The van der Waals surface area contributed by atoms with Crippen LogP contribution < -0.4 is 0 Å². The Morgan fingerprint density at radius 1 is 1.41 bits per heavy atom. The van der Waals surface area contributed by atoms with Crippen LogP contribution in [-0.2, 0) is 0 Å². The number of aromatic nitrogens is 1. The van der Waals surface area contributed by atoms with Crippen LogP contribution in [0.1, 0.15) is 42.2 Å². The molecule has 0 saturated carbocycles. The molecule has 1 aromatic carbocycles. The van der Waals surface area contributed by atoms with Crippen molar-refractivity contribution in [1.29, 1.82) is 0 Å². The second-order valence-electron chi connectivity index (χ2n) is 6.35. The predicted molar refractivity (Wildman–Crippen MR) is 86.9 cm³/mol. The summed E-state index contributed by atoms with van der Waals surface area (Å²) in [5.41, 5.74) is 2.54. The standard InChI is InChI=1S/C18H22N2O2/c1-12(2)17-9-15(14-5-3-4-6-16(14)19-17)18(22)20-8-7-13(10-20)11-21/h3-6,9,12-13,21H,7-8,10-11H2,1-2H3. The van der Waals surface area contributed by atoms with Crippen LogP contribution in [0.4, 0.5) is 0 Å². The third-order valence-electron chi connectivity index (χ3n) is 4.39. The third-order valence-corrected chi connectivity index (χ3v) is 4.39. The van der Waals surface area contributed by atoms with Crippen molar-refractivity contribution in [3.63, 3.8) is 0 Å². The number of hydrogen-bond acceptors (Lipinski definition) is 3. The summed E-state index contributed by atoms with van der Waals surface area (Å²) in [5, 5.41) is 10.2. The molecule has 4 nitrogen and oxygen atoms in total. The largest absolute Gasteiger partial charge is 0.396 e. The second kappa shape index (κ2) is 6.05. The Morgan fingerprint density at radius 3 is 2.86 bits per heavy atom. The fourth-order valence-electron chi connectivity index (χ4n) is 3.01. The number of nitrogens with zero attached hydrogens (tertiary/aromatic N) is 2. The van der Waals surface area contributed by atoms with Crippen molar-refractivity contribution in [2.24, 2.45) is 5.92 Å². The Kier molecular flexibility index (Phi) is 4.12. The average Bonchev–Trinajstić information content (AvgIpc) is 3.02. The van der Waals surface area contributed by atoms with Crippen LogP contribution in [0, 0.1) is 5.92 Å². The third kappa shape index (κ3) is 2.71. The van der Waals surface area contributed by atoms with E-state index in [1.165, 1.54) is 0 Å². The van der Waals surface area contributed by atoms with Gasteiger partial charge in [-0.3, -0.25) is 9.78 Å². The summed E-state index contributed by atoms with van der Waals surface area (Å²) in [6.45, 7) is 5.69. The van der Waals surface area contributed by atoms with Crippen molar-refractivity contribution in [3.05, 3.63) is 41.6 Å². The number of benzene rings is 1. The first kappa shape index (κ1) is 15.0. The molecule has 0 spiro atoms. The van der Waals surface area contributed by atoms with Crippen LogP contribution in [-0.4, -0.2) is 40.6 Å². The Balaban J connectivity index is 2.03. The maximum atomic E-state index is 12.9. The fraction of sp³-hybridized carbons (Fsp3) is 0.444. The van der Waals surface area contributed by atoms with Crippen molar-refractivity contribution < 1.29 is 9.90 Å². The van der Waals surface area contributed by atoms with Gasteiger partial charge in [-0.15, -0.1) is 0 Å². The van der Waals surface area contributed by atoms with Gasteiger partial charge in [-0.25, -0.2) is 0 Å². The fourth-order valence-corrected chi connectivity index (χ4v) is 3.01. The summed E-state index contributed by atoms with van der Waals surface area (Å²) in [7, 11) is 0. The lowest BCUT2D eigenvalue weighted by Gasteiger charge is -2.18. The van der Waals surface area contributed by atoms with Crippen molar-refractivity contribution in [1.82, 2.24) is 9.88 Å². The summed E-state index contributed by atoms with van der Waals surface area (Å²) in [5.74, 6) is 0.540. The summed E-state index contributed by atoms with van der Waals surface area (Å²) in [4.78, 5) is 19.4. The molecule has 1 aliphatic rings. The molecule has 1 aliphatic heterocycles. The lowest BCUT2D eigenvalue weighted by molar-refractivity contribution is 0.0783. The first-order valence-corrected chi connectivity index (χ1v) is 7.90. The van der Waals surface area contributed by atoms with E-state index in [1.807, 2.05) is 35.2 Å². The zero-order valence-corrected chi connectivity index (χ0v) is 13.1. The number of aliphatic hydroxyl groups is 1. The maximum Gasteiger partial charge on any atom is 0.254 e. The number of aliphatic hydroxyl groups excluding tert-OH is 1. The van der Waals surface area contributed by atoms with Gasteiger partial charge >= 0.3 is 0 Å². The molecule has 0 bridgehead atoms. The molecule has 116 valence electrons. The minimum absolute atomic E-state index is 0.0523. The molecule has 22 heavy (non-hydrogen) atoms. The van der Waals surface area contributed by atoms with Crippen LogP contribution in [0.15, 0.2) is 30.3 Å². The number of pyridine rings is 1. The molecule has 2 heterocycles. The monoisotopic (exact) mass is 298 g/mol. The second-order valence-corrected chi connectivity index (χ2v) is 6.35. The van der Waals surface area contributed by atoms with E-state index < -0.39 is 0 Å². The highest BCUT2D eigenvalue weighted by atomic mass is 16.3. The number of carbonyl (C=O) groups excluding carboxylic acids is 1. The van der Waals surface area contributed by atoms with Gasteiger partial charge in [0.2, 0.25) is 0 Å². The van der Waals surface area contributed by atoms with Crippen molar-refractivity contribution in [2.75, 3.05) is 19.7 Å². The summed E-state index contributed by atoms with van der Waals surface area (Å²) in [6.07, 6.45) is 0.877. The Bertz CT molecular complexity index is 697. The summed E-state index contributed by atoms with van der Waals surface area (Å²) in [6, 6.07) is 9.74. The quantitative estimate of drug-likeness (QED) is 0.948. The Labute approximate surface area is 130 Å². The molecule has 2 aromatic rings. The van der Waals surface area contributed by atoms with Crippen LogP contribution in [0.25, 0.3) is 10.9 Å². The first-order valence-electron chi connectivity index (χ1n) is 7.90. The van der Waals surface area contributed by atoms with Crippen LogP contribution in [0.5, 0.6) is 0 Å². The number of rotatable bonds is 3. The van der Waals surface area contributed by atoms with E-state index in [0.717, 1.165) is 35.1 Å². The van der Waals surface area contributed by atoms with E-state index in [2.05, 4.69) is 18.8 Å². The van der Waals surface area contributed by atoms with Gasteiger partial charge in [-0.2, -0.15) is 0 Å². The van der Waals surface area contributed by atoms with Gasteiger partial charge in [-0.05, 0) is 24.5 Å². The van der Waals surface area contributed by atoms with Crippen molar-refractivity contribution >= 4 is 16.8 Å². The molecule has 4 heteroatoms. The van der Waals surface area contributed by atoms with Gasteiger partial charge in [0, 0.05) is 36.7 Å². The molecule has 0 aliphatic carbocycles. The van der Waals surface area contributed by atoms with Gasteiger partial charge in [0.1, 0.15) is 0 Å². The van der Waals surface area contributed by atoms with Crippen LogP contribution in [0.2, 0.25) is 0 Å². The highest BCUT2D eigenvalue weighted by Crippen LogP contribution is 2.25. The molecule has 1 saturated heterocycles. The topological polar surface area (TPSA) is 53.4 Å². The molecule has 1 unspecified atom stereocenters. The number of amides is 1. The number of para-hydroxylation sites is 1. The van der Waals surface area contributed by atoms with Gasteiger partial charge in [0.05, 0.1) is 11.1 Å². The van der Waals surface area contributed by atoms with Gasteiger partial charge < -0.3 is 10.0 Å². The molecule has 1 atom stereocenters. The molecule has 1 amide bonds. The molecular weight excluding hydrogens is 276 g/mol. The summed E-state index contributed by atoms with van der Waals surface area (Å²) >= 11 is 0. The molecule has 3 rings (SSSR count). The normalized spacial score (nSPS) is 18.4. The van der Waals surface area contributed by atoms with E-state index in [-0.39, 0.29) is 24.3 Å². The van der Waals surface area contributed by atoms with E-state index in [1.54, 1.807) is 0 Å².